The number of benzene rings is 3. The number of aromatic nitrogens is 1. The zero-order valence-electron chi connectivity index (χ0n) is 15.5. The predicted octanol–water partition coefficient (Wildman–Crippen LogP) is 5.34. The van der Waals surface area contributed by atoms with Gasteiger partial charge < -0.3 is 9.26 Å². The lowest BCUT2D eigenvalue weighted by atomic mass is 10.1. The Labute approximate surface area is 175 Å². The summed E-state index contributed by atoms with van der Waals surface area (Å²) >= 11 is 6.31. The van der Waals surface area contributed by atoms with Crippen LogP contribution in [0.15, 0.2) is 71.3 Å². The fourth-order valence-corrected chi connectivity index (χ4v) is 3.07. The molecule has 6 nitrogen and oxygen atoms in total. The van der Waals surface area contributed by atoms with E-state index in [1.165, 1.54) is 6.07 Å². The van der Waals surface area contributed by atoms with Crippen molar-refractivity contribution in [2.24, 2.45) is 0 Å². The third-order valence-electron chi connectivity index (χ3n) is 4.24. The molecule has 0 atom stereocenters. The number of rotatable bonds is 7. The largest absolute Gasteiger partial charge is 0.480 e. The van der Waals surface area contributed by atoms with E-state index < -0.39 is 18.4 Å². The van der Waals surface area contributed by atoms with Crippen LogP contribution in [0.1, 0.15) is 5.56 Å². The van der Waals surface area contributed by atoms with Crippen LogP contribution in [0.2, 0.25) is 5.02 Å². The second-order valence-electron chi connectivity index (χ2n) is 6.26. The molecule has 3 aromatic carbocycles. The van der Waals surface area contributed by atoms with Gasteiger partial charge in [-0.1, -0.05) is 59.2 Å². The summed E-state index contributed by atoms with van der Waals surface area (Å²) in [6, 6.07) is 18.6. The Hall–Kier alpha value is -3.42. The highest BCUT2D eigenvalue weighted by Crippen LogP contribution is 2.38. The maximum atomic E-state index is 14.1. The molecule has 4 rings (SSSR count). The molecule has 0 amide bonds. The van der Waals surface area contributed by atoms with Crippen molar-refractivity contribution in [1.82, 2.24) is 5.16 Å². The summed E-state index contributed by atoms with van der Waals surface area (Å²) in [4.78, 5) is 21.4. The zero-order chi connectivity index (χ0) is 20.9. The van der Waals surface area contributed by atoms with Gasteiger partial charge in [-0.25, -0.2) is 9.18 Å². The molecule has 1 aromatic heterocycles. The molecule has 0 fully saturated rings. The minimum atomic E-state index is -0.730. The van der Waals surface area contributed by atoms with Crippen LogP contribution in [0.3, 0.4) is 0 Å². The molecule has 0 saturated carbocycles. The van der Waals surface area contributed by atoms with Crippen LogP contribution in [0.5, 0.6) is 5.75 Å². The molecule has 152 valence electrons. The molecule has 0 unspecified atom stereocenters. The minimum absolute atomic E-state index is 0.112. The van der Waals surface area contributed by atoms with Gasteiger partial charge in [-0.3, -0.25) is 4.89 Å². The molecule has 0 bridgehead atoms. The van der Waals surface area contributed by atoms with E-state index in [1.54, 1.807) is 30.3 Å². The summed E-state index contributed by atoms with van der Waals surface area (Å²) in [5, 5.41) is 4.56. The van der Waals surface area contributed by atoms with Crippen LogP contribution >= 0.6 is 11.6 Å². The van der Waals surface area contributed by atoms with Crippen LogP contribution < -0.4 is 4.74 Å². The van der Waals surface area contributed by atoms with E-state index in [0.717, 1.165) is 5.56 Å². The fourth-order valence-electron chi connectivity index (χ4n) is 2.81. The van der Waals surface area contributed by atoms with Gasteiger partial charge in [0.15, 0.2) is 12.2 Å². The van der Waals surface area contributed by atoms with Crippen molar-refractivity contribution in [2.75, 3.05) is 6.61 Å². The maximum absolute atomic E-state index is 14.1. The molecular weight excluding hydrogens is 413 g/mol. The quantitative estimate of drug-likeness (QED) is 0.293. The van der Waals surface area contributed by atoms with E-state index >= 15 is 0 Å². The first-order valence-corrected chi connectivity index (χ1v) is 9.33. The number of ether oxygens (including phenoxy) is 1. The predicted molar refractivity (Wildman–Crippen MR) is 107 cm³/mol. The Kier molecular flexibility index (Phi) is 5.92. The van der Waals surface area contributed by atoms with Crippen LogP contribution in [0, 0.1) is 5.82 Å². The van der Waals surface area contributed by atoms with Crippen LogP contribution in [-0.2, 0) is 21.2 Å². The minimum Gasteiger partial charge on any atom is -0.480 e. The Balaban J connectivity index is 1.41. The number of carbonyl (C=O) groups excluding carboxylic acids is 1. The molecule has 0 aliphatic carbocycles. The first-order chi connectivity index (χ1) is 14.6. The van der Waals surface area contributed by atoms with Gasteiger partial charge in [0.05, 0.1) is 5.39 Å². The Morgan fingerprint density at radius 3 is 2.60 bits per heavy atom. The average molecular weight is 428 g/mol. The van der Waals surface area contributed by atoms with E-state index in [-0.39, 0.29) is 23.0 Å². The summed E-state index contributed by atoms with van der Waals surface area (Å²) in [7, 11) is 0. The van der Waals surface area contributed by atoms with Gasteiger partial charge in [0, 0.05) is 5.56 Å². The fraction of sp³-hybridized carbons (Fsp3) is 0.0909. The zero-order valence-corrected chi connectivity index (χ0v) is 16.3. The lowest BCUT2D eigenvalue weighted by Gasteiger charge is -2.08. The van der Waals surface area contributed by atoms with Gasteiger partial charge in [-0.2, -0.15) is 4.89 Å². The monoisotopic (exact) mass is 427 g/mol. The maximum Gasteiger partial charge on any atom is 0.379 e. The summed E-state index contributed by atoms with van der Waals surface area (Å²) in [5.74, 6) is -0.963. The normalized spacial score (nSPS) is 10.9. The molecular formula is C22H15ClFNO5. The van der Waals surface area contributed by atoms with Crippen molar-refractivity contribution in [1.29, 1.82) is 0 Å². The van der Waals surface area contributed by atoms with Gasteiger partial charge in [0.25, 0.3) is 0 Å². The summed E-state index contributed by atoms with van der Waals surface area (Å²) in [5.41, 5.74) is 1.70. The van der Waals surface area contributed by atoms with Crippen molar-refractivity contribution in [3.05, 3.63) is 83.1 Å². The Bertz CT molecular complexity index is 1180. The SMILES string of the molecule is O=C(COc1ccc2c(-c3ccccc3F)noc2c1Cl)OOCc1ccccc1. The molecule has 4 aromatic rings. The molecule has 0 aliphatic rings. The van der Waals surface area contributed by atoms with Gasteiger partial charge in [0.1, 0.15) is 28.9 Å². The van der Waals surface area contributed by atoms with Gasteiger partial charge in [-0.15, -0.1) is 0 Å². The van der Waals surface area contributed by atoms with Crippen molar-refractivity contribution >= 4 is 28.5 Å². The smallest absolute Gasteiger partial charge is 0.379 e. The topological polar surface area (TPSA) is 70.8 Å². The van der Waals surface area contributed by atoms with Crippen LogP contribution in [-0.4, -0.2) is 17.7 Å². The number of fused-ring (bicyclic) bond motifs is 1. The Morgan fingerprint density at radius 1 is 1.03 bits per heavy atom. The number of hydrogen-bond donors (Lipinski definition) is 0. The van der Waals surface area contributed by atoms with Gasteiger partial charge in [0.2, 0.25) is 0 Å². The highest BCUT2D eigenvalue weighted by molar-refractivity contribution is 6.36. The molecule has 0 radical (unpaired) electrons. The molecule has 0 N–H and O–H groups in total. The van der Waals surface area contributed by atoms with E-state index in [1.807, 2.05) is 30.3 Å². The summed E-state index contributed by atoms with van der Waals surface area (Å²) in [6.07, 6.45) is 0. The van der Waals surface area contributed by atoms with Crippen molar-refractivity contribution in [2.45, 2.75) is 6.61 Å². The first kappa shape index (κ1) is 19.9. The third kappa shape index (κ3) is 4.27. The second kappa shape index (κ2) is 8.94. The van der Waals surface area contributed by atoms with Crippen molar-refractivity contribution in [3.63, 3.8) is 0 Å². The molecule has 0 aliphatic heterocycles. The van der Waals surface area contributed by atoms with E-state index in [2.05, 4.69) is 10.0 Å². The van der Waals surface area contributed by atoms with E-state index in [4.69, 9.17) is 25.7 Å². The highest BCUT2D eigenvalue weighted by atomic mass is 35.5. The molecule has 0 saturated heterocycles. The first-order valence-electron chi connectivity index (χ1n) is 8.95. The standard InChI is InChI=1S/C22H15ClFNO5/c23-20-18(27-13-19(26)30-28-12-14-6-2-1-3-7-14)11-10-16-21(25-29-22(16)20)15-8-4-5-9-17(15)24/h1-11H,12-13H2. The lowest BCUT2D eigenvalue weighted by molar-refractivity contribution is -0.281. The number of hydrogen-bond acceptors (Lipinski definition) is 6. The molecule has 30 heavy (non-hydrogen) atoms. The van der Waals surface area contributed by atoms with Crippen LogP contribution in [0.4, 0.5) is 4.39 Å². The van der Waals surface area contributed by atoms with Crippen molar-refractivity contribution < 1.29 is 28.2 Å². The third-order valence-corrected chi connectivity index (χ3v) is 4.60. The molecule has 8 heteroatoms. The lowest BCUT2D eigenvalue weighted by Crippen LogP contribution is -2.15. The molecule has 0 spiro atoms. The molecule has 1 heterocycles. The second-order valence-corrected chi connectivity index (χ2v) is 6.64. The number of halogens is 2. The van der Waals surface area contributed by atoms with Crippen LogP contribution in [0.25, 0.3) is 22.2 Å². The van der Waals surface area contributed by atoms with E-state index in [9.17, 15) is 9.18 Å². The van der Waals surface area contributed by atoms with Crippen molar-refractivity contribution in [3.8, 4) is 17.0 Å². The number of carbonyl (C=O) groups is 1. The Morgan fingerprint density at radius 2 is 1.80 bits per heavy atom. The summed E-state index contributed by atoms with van der Waals surface area (Å²) < 4.78 is 24.8. The highest BCUT2D eigenvalue weighted by Gasteiger charge is 2.19. The van der Waals surface area contributed by atoms with Gasteiger partial charge >= 0.3 is 5.97 Å². The van der Waals surface area contributed by atoms with Gasteiger partial charge in [-0.05, 0) is 29.8 Å². The average Bonchev–Trinajstić information content (AvgIpc) is 3.19. The van der Waals surface area contributed by atoms with E-state index in [0.29, 0.717) is 16.6 Å². The number of nitrogens with zero attached hydrogens (tertiary/aromatic N) is 1. The summed E-state index contributed by atoms with van der Waals surface area (Å²) in [6.45, 7) is -0.301.